The molecule has 192 valence electrons. The van der Waals surface area contributed by atoms with Crippen LogP contribution in [0.1, 0.15) is 38.6 Å². The minimum absolute atomic E-state index is 0.0314. The van der Waals surface area contributed by atoms with E-state index in [1.807, 2.05) is 26.2 Å². The SMILES string of the molecule is CC(C)(C)OC(=O)N1CCC(C2=C(C(=O)Oc3ccc(F)c(F)c3Br)CN=C(c3nccs3)N2)CC1. The van der Waals surface area contributed by atoms with Gasteiger partial charge in [-0.25, -0.2) is 23.4 Å². The van der Waals surface area contributed by atoms with E-state index in [1.165, 1.54) is 17.4 Å². The smallest absolute Gasteiger partial charge is 0.410 e. The number of halogens is 3. The molecule has 1 saturated heterocycles. The lowest BCUT2D eigenvalue weighted by atomic mass is 9.90. The molecule has 1 aromatic heterocycles. The Bertz CT molecular complexity index is 1220. The third-order valence-electron chi connectivity index (χ3n) is 5.61. The van der Waals surface area contributed by atoms with E-state index in [2.05, 4.69) is 31.2 Å². The lowest BCUT2D eigenvalue weighted by Crippen LogP contribution is -2.44. The first-order chi connectivity index (χ1) is 17.0. The lowest BCUT2D eigenvalue weighted by molar-refractivity contribution is -0.130. The third-order valence-corrected chi connectivity index (χ3v) is 7.13. The Morgan fingerprint density at radius 3 is 2.58 bits per heavy atom. The summed E-state index contributed by atoms with van der Waals surface area (Å²) in [6.45, 7) is 6.38. The van der Waals surface area contributed by atoms with Crippen LogP contribution in [0.3, 0.4) is 0 Å². The van der Waals surface area contributed by atoms with Crippen LogP contribution in [0.2, 0.25) is 0 Å². The van der Waals surface area contributed by atoms with Gasteiger partial charge >= 0.3 is 12.1 Å². The van der Waals surface area contributed by atoms with Gasteiger partial charge in [-0.2, -0.15) is 0 Å². The van der Waals surface area contributed by atoms with Crippen molar-refractivity contribution in [1.29, 1.82) is 0 Å². The van der Waals surface area contributed by atoms with Crippen LogP contribution in [0.5, 0.6) is 5.75 Å². The van der Waals surface area contributed by atoms with Crippen LogP contribution < -0.4 is 10.1 Å². The molecule has 3 heterocycles. The van der Waals surface area contributed by atoms with Crippen molar-refractivity contribution in [3.05, 3.63) is 56.1 Å². The number of allylic oxidation sites excluding steroid dienone is 1. The maximum Gasteiger partial charge on any atom is 0.410 e. The number of piperidine rings is 1. The van der Waals surface area contributed by atoms with E-state index in [0.29, 0.717) is 42.5 Å². The fourth-order valence-electron chi connectivity index (χ4n) is 3.90. The number of hydrogen-bond donors (Lipinski definition) is 1. The highest BCUT2D eigenvalue weighted by Gasteiger charge is 2.34. The number of amides is 1. The summed E-state index contributed by atoms with van der Waals surface area (Å²) in [5.41, 5.74) is 0.316. The number of amidine groups is 1. The van der Waals surface area contributed by atoms with Gasteiger partial charge in [-0.1, -0.05) is 0 Å². The summed E-state index contributed by atoms with van der Waals surface area (Å²) in [6, 6.07) is 2.07. The summed E-state index contributed by atoms with van der Waals surface area (Å²) in [7, 11) is 0. The Labute approximate surface area is 219 Å². The van der Waals surface area contributed by atoms with Crippen molar-refractivity contribution in [2.24, 2.45) is 10.9 Å². The van der Waals surface area contributed by atoms with E-state index in [9.17, 15) is 18.4 Å². The van der Waals surface area contributed by atoms with Crippen molar-refractivity contribution in [1.82, 2.24) is 15.2 Å². The van der Waals surface area contributed by atoms with Crippen LogP contribution in [0, 0.1) is 17.6 Å². The molecule has 0 radical (unpaired) electrons. The molecule has 2 aliphatic heterocycles. The summed E-state index contributed by atoms with van der Waals surface area (Å²) in [5, 5.41) is 5.76. The van der Waals surface area contributed by atoms with Gasteiger partial charge in [-0.3, -0.25) is 4.99 Å². The molecule has 1 fully saturated rings. The first-order valence-corrected chi connectivity index (χ1v) is 13.0. The molecule has 12 heteroatoms. The predicted molar refractivity (Wildman–Crippen MR) is 134 cm³/mol. The molecule has 0 bridgehead atoms. The maximum atomic E-state index is 14.0. The summed E-state index contributed by atoms with van der Waals surface area (Å²) in [5.74, 6) is -2.61. The maximum absolute atomic E-state index is 14.0. The molecule has 0 saturated carbocycles. The number of nitrogens with one attached hydrogen (secondary N) is 1. The van der Waals surface area contributed by atoms with Crippen LogP contribution in [0.15, 0.2) is 44.4 Å². The number of benzene rings is 1. The Hall–Kier alpha value is -2.86. The Morgan fingerprint density at radius 2 is 1.94 bits per heavy atom. The molecule has 4 rings (SSSR count). The van der Waals surface area contributed by atoms with E-state index < -0.39 is 23.2 Å². The zero-order valence-corrected chi connectivity index (χ0v) is 22.3. The quantitative estimate of drug-likeness (QED) is 0.308. The van der Waals surface area contributed by atoms with E-state index >= 15 is 0 Å². The fraction of sp³-hybridized carbons (Fsp3) is 0.417. The molecule has 36 heavy (non-hydrogen) atoms. The number of thiazole rings is 1. The zero-order valence-electron chi connectivity index (χ0n) is 19.9. The van der Waals surface area contributed by atoms with Gasteiger partial charge in [0.1, 0.15) is 11.4 Å². The standard InChI is InChI=1S/C24H25BrF2N4O4S/c1-24(2,3)35-23(33)31-9-6-13(7-10-31)19-14(12-29-20(30-19)21-28-8-11-36-21)22(32)34-16-5-4-15(26)18(27)17(16)25/h4-5,8,11,13H,6-7,9-10,12H2,1-3H3,(H,29,30). The zero-order chi connectivity index (χ0) is 26.0. The minimum atomic E-state index is -1.14. The van der Waals surface area contributed by atoms with E-state index in [0.717, 1.165) is 6.07 Å². The summed E-state index contributed by atoms with van der Waals surface area (Å²) >= 11 is 4.35. The Balaban J connectivity index is 1.56. The van der Waals surface area contributed by atoms with Crippen LogP contribution >= 0.6 is 27.3 Å². The number of carbonyl (C=O) groups excluding carboxylic acids is 2. The minimum Gasteiger partial charge on any atom is -0.444 e. The molecular formula is C24H25BrF2N4O4S. The number of aliphatic imine (C=N–C) groups is 1. The second-order valence-corrected chi connectivity index (χ2v) is 11.0. The van der Waals surface area contributed by atoms with Gasteiger partial charge in [0.2, 0.25) is 0 Å². The predicted octanol–water partition coefficient (Wildman–Crippen LogP) is 5.04. The normalized spacial score (nSPS) is 16.9. The van der Waals surface area contributed by atoms with Crippen LogP contribution in [0.4, 0.5) is 13.6 Å². The molecule has 2 aliphatic rings. The van der Waals surface area contributed by atoms with Crippen molar-refractivity contribution >= 4 is 45.2 Å². The van der Waals surface area contributed by atoms with Crippen molar-refractivity contribution in [3.8, 4) is 5.75 Å². The molecule has 1 amide bonds. The molecule has 0 spiro atoms. The average molecular weight is 583 g/mol. The Kier molecular flexibility index (Phi) is 7.74. The summed E-state index contributed by atoms with van der Waals surface area (Å²) < 4.78 is 38.1. The number of nitrogens with zero attached hydrogens (tertiary/aromatic N) is 3. The van der Waals surface area contributed by atoms with Gasteiger partial charge in [0.05, 0.1) is 16.6 Å². The van der Waals surface area contributed by atoms with Crippen molar-refractivity contribution in [2.45, 2.75) is 39.2 Å². The van der Waals surface area contributed by atoms with E-state index in [-0.39, 0.29) is 34.4 Å². The molecule has 2 aromatic rings. The number of carbonyl (C=O) groups is 2. The van der Waals surface area contributed by atoms with Gasteiger partial charge in [0.25, 0.3) is 0 Å². The number of esters is 1. The van der Waals surface area contributed by atoms with Crippen LogP contribution in [-0.4, -0.2) is 53.0 Å². The third kappa shape index (κ3) is 5.92. The van der Waals surface area contributed by atoms with Crippen molar-refractivity contribution in [3.63, 3.8) is 0 Å². The number of rotatable bonds is 4. The largest absolute Gasteiger partial charge is 0.444 e. The summed E-state index contributed by atoms with van der Waals surface area (Å²) in [6.07, 6.45) is 2.45. The van der Waals surface area contributed by atoms with Crippen molar-refractivity contribution in [2.75, 3.05) is 19.6 Å². The monoisotopic (exact) mass is 582 g/mol. The van der Waals surface area contributed by atoms with E-state index in [1.54, 1.807) is 11.1 Å². The average Bonchev–Trinajstić information content (AvgIpc) is 3.38. The second kappa shape index (κ2) is 10.6. The Morgan fingerprint density at radius 1 is 1.22 bits per heavy atom. The number of likely N-dealkylation sites (tertiary alicyclic amines) is 1. The first-order valence-electron chi connectivity index (χ1n) is 11.3. The number of aromatic nitrogens is 1. The lowest BCUT2D eigenvalue weighted by Gasteiger charge is -2.35. The summed E-state index contributed by atoms with van der Waals surface area (Å²) in [4.78, 5) is 36.0. The highest BCUT2D eigenvalue weighted by Crippen LogP contribution is 2.32. The second-order valence-electron chi connectivity index (χ2n) is 9.32. The van der Waals surface area contributed by atoms with Gasteiger partial charge in [0.15, 0.2) is 22.5 Å². The van der Waals surface area contributed by atoms with E-state index in [4.69, 9.17) is 9.47 Å². The van der Waals surface area contributed by atoms with Crippen LogP contribution in [-0.2, 0) is 9.53 Å². The fourth-order valence-corrected chi connectivity index (χ4v) is 4.90. The molecule has 1 aromatic carbocycles. The molecule has 8 nitrogen and oxygen atoms in total. The molecular weight excluding hydrogens is 558 g/mol. The molecule has 0 aliphatic carbocycles. The van der Waals surface area contributed by atoms with Crippen LogP contribution in [0.25, 0.3) is 0 Å². The molecule has 1 N–H and O–H groups in total. The van der Waals surface area contributed by atoms with Gasteiger partial charge in [-0.15, -0.1) is 11.3 Å². The van der Waals surface area contributed by atoms with Gasteiger partial charge in [-0.05, 0) is 61.7 Å². The molecule has 0 atom stereocenters. The first kappa shape index (κ1) is 26.2. The topological polar surface area (TPSA) is 93.1 Å². The highest BCUT2D eigenvalue weighted by atomic mass is 79.9. The number of hydrogen-bond acceptors (Lipinski definition) is 8. The van der Waals surface area contributed by atoms with Gasteiger partial charge < -0.3 is 19.7 Å². The van der Waals surface area contributed by atoms with Gasteiger partial charge in [0, 0.05) is 36.3 Å². The molecule has 0 unspecified atom stereocenters. The highest BCUT2D eigenvalue weighted by molar-refractivity contribution is 9.10. The number of ether oxygens (including phenoxy) is 2. The van der Waals surface area contributed by atoms with Crippen molar-refractivity contribution < 1.29 is 27.8 Å².